The first-order chi connectivity index (χ1) is 7.58. The summed E-state index contributed by atoms with van der Waals surface area (Å²) in [5, 5.41) is 0. The molecule has 2 aliphatic rings. The van der Waals surface area contributed by atoms with E-state index in [0.29, 0.717) is 24.7 Å². The van der Waals surface area contributed by atoms with Gasteiger partial charge in [-0.3, -0.25) is 0 Å². The number of alkyl halides is 2. The van der Waals surface area contributed by atoms with Gasteiger partial charge in [0.25, 0.3) is 0 Å². The van der Waals surface area contributed by atoms with E-state index in [9.17, 15) is 8.78 Å². The molecule has 18 heavy (non-hydrogen) atoms. The third kappa shape index (κ3) is 3.89. The normalized spacial score (nSPS) is 44.7. The van der Waals surface area contributed by atoms with Crippen LogP contribution in [0.2, 0.25) is 0 Å². The largest absolute Gasteiger partial charge is 0.412 e. The summed E-state index contributed by atoms with van der Waals surface area (Å²) in [5.41, 5.74) is 0. The highest BCUT2D eigenvalue weighted by Gasteiger charge is 2.36. The van der Waals surface area contributed by atoms with Gasteiger partial charge in [-0.1, -0.05) is 13.8 Å². The van der Waals surface area contributed by atoms with Crippen LogP contribution in [0.1, 0.15) is 52.4 Å². The van der Waals surface area contributed by atoms with E-state index in [1.807, 2.05) is 13.8 Å². The highest BCUT2D eigenvalue weighted by atomic mass is 19.1. The molecule has 2 nitrogen and oxygen atoms in total. The molecule has 0 spiro atoms. The van der Waals surface area contributed by atoms with E-state index in [1.165, 1.54) is 0 Å². The monoisotopic (exact) mass is 266 g/mol. The van der Waals surface area contributed by atoms with Crippen molar-refractivity contribution in [1.29, 1.82) is 0 Å². The summed E-state index contributed by atoms with van der Waals surface area (Å²) >= 11 is 0. The Morgan fingerprint density at radius 2 is 1.00 bits per heavy atom. The van der Waals surface area contributed by atoms with Crippen LogP contribution in [0.4, 0.5) is 8.78 Å². The number of hydrogen-bond donors (Lipinski definition) is 0. The highest BCUT2D eigenvalue weighted by molar-refractivity contribution is 4.86. The fourth-order valence-electron chi connectivity index (χ4n) is 3.45. The van der Waals surface area contributed by atoms with Crippen molar-refractivity contribution in [2.45, 2.75) is 64.7 Å². The molecular weight excluding hydrogens is 238 g/mol. The molecule has 2 aliphatic carbocycles. The minimum Gasteiger partial charge on any atom is -0.412 e. The van der Waals surface area contributed by atoms with Crippen LogP contribution in [0.15, 0.2) is 0 Å². The Bertz CT molecular complexity index is 214. The molecule has 0 aromatic heterocycles. The maximum absolute atomic E-state index is 13.7. The number of hydrogen-bond acceptors (Lipinski definition) is 0. The highest BCUT2D eigenvalue weighted by Crippen LogP contribution is 2.42. The third-order valence-corrected chi connectivity index (χ3v) is 4.94. The van der Waals surface area contributed by atoms with E-state index in [-0.39, 0.29) is 22.8 Å². The molecule has 110 valence electrons. The fraction of sp³-hybridized carbons (Fsp3) is 1.00. The molecule has 6 unspecified atom stereocenters. The molecule has 0 aromatic carbocycles. The van der Waals surface area contributed by atoms with E-state index in [0.717, 1.165) is 25.7 Å². The third-order valence-electron chi connectivity index (χ3n) is 4.94. The second kappa shape index (κ2) is 7.39. The first-order valence-electron chi connectivity index (χ1n) is 6.86. The van der Waals surface area contributed by atoms with E-state index < -0.39 is 12.3 Å². The van der Waals surface area contributed by atoms with Gasteiger partial charge in [-0.25, -0.2) is 8.78 Å². The van der Waals surface area contributed by atoms with Crippen LogP contribution in [-0.4, -0.2) is 23.3 Å². The summed E-state index contributed by atoms with van der Waals surface area (Å²) in [5.74, 6) is 1.36. The van der Waals surface area contributed by atoms with Gasteiger partial charge in [0.15, 0.2) is 0 Å². The Kier molecular flexibility index (Phi) is 7.30. The first kappa shape index (κ1) is 17.8. The predicted molar refractivity (Wildman–Crippen MR) is 70.0 cm³/mol. The van der Waals surface area contributed by atoms with E-state index in [2.05, 4.69) is 0 Å². The molecule has 0 saturated heterocycles. The van der Waals surface area contributed by atoms with Crippen molar-refractivity contribution < 1.29 is 19.7 Å². The minimum absolute atomic E-state index is 0. The maximum Gasteiger partial charge on any atom is 0.103 e. The Morgan fingerprint density at radius 3 is 1.28 bits per heavy atom. The molecule has 0 heterocycles. The van der Waals surface area contributed by atoms with Gasteiger partial charge in [0.05, 0.1) is 0 Å². The molecule has 4 heteroatoms. The molecule has 0 radical (unpaired) electrons. The number of halogens is 2. The average Bonchev–Trinajstić information content (AvgIpc) is 2.26. The summed E-state index contributed by atoms with van der Waals surface area (Å²) in [6, 6.07) is 0. The summed E-state index contributed by atoms with van der Waals surface area (Å²) in [6.07, 6.45) is 4.32. The van der Waals surface area contributed by atoms with Gasteiger partial charge in [-0.15, -0.1) is 0 Å². The summed E-state index contributed by atoms with van der Waals surface area (Å²) in [4.78, 5) is 0. The van der Waals surface area contributed by atoms with Crippen molar-refractivity contribution in [3.8, 4) is 0 Å². The lowest BCUT2D eigenvalue weighted by Crippen LogP contribution is -2.34. The average molecular weight is 266 g/mol. The quantitative estimate of drug-likeness (QED) is 0.700. The van der Waals surface area contributed by atoms with Crippen molar-refractivity contribution in [1.82, 2.24) is 0 Å². The van der Waals surface area contributed by atoms with Crippen LogP contribution >= 0.6 is 0 Å². The van der Waals surface area contributed by atoms with E-state index >= 15 is 0 Å². The molecule has 0 aliphatic heterocycles. The smallest absolute Gasteiger partial charge is 0.103 e. The second-order valence-corrected chi connectivity index (χ2v) is 6.13. The molecule has 2 saturated carbocycles. The summed E-state index contributed by atoms with van der Waals surface area (Å²) in [6.45, 7) is 4.00. The van der Waals surface area contributed by atoms with Crippen LogP contribution in [-0.2, 0) is 0 Å². The second-order valence-electron chi connectivity index (χ2n) is 6.13. The molecule has 0 bridgehead atoms. The Morgan fingerprint density at radius 1 is 0.667 bits per heavy atom. The summed E-state index contributed by atoms with van der Waals surface area (Å²) in [7, 11) is 0. The van der Waals surface area contributed by atoms with Crippen molar-refractivity contribution in [2.75, 3.05) is 0 Å². The van der Waals surface area contributed by atoms with Gasteiger partial charge in [-0.05, 0) is 62.2 Å². The fourth-order valence-corrected chi connectivity index (χ4v) is 3.45. The van der Waals surface area contributed by atoms with Crippen molar-refractivity contribution in [3.05, 3.63) is 0 Å². The molecular formula is C14H28F2O2. The summed E-state index contributed by atoms with van der Waals surface area (Å²) < 4.78 is 27.3. The van der Waals surface area contributed by atoms with Gasteiger partial charge in [0.1, 0.15) is 12.3 Å². The predicted octanol–water partition coefficient (Wildman–Crippen LogP) is 2.89. The van der Waals surface area contributed by atoms with Crippen LogP contribution < -0.4 is 0 Å². The van der Waals surface area contributed by atoms with Crippen LogP contribution in [0.25, 0.3) is 0 Å². The first-order valence-corrected chi connectivity index (χ1v) is 6.86. The van der Waals surface area contributed by atoms with Gasteiger partial charge in [0.2, 0.25) is 0 Å². The van der Waals surface area contributed by atoms with E-state index in [4.69, 9.17) is 0 Å². The van der Waals surface area contributed by atoms with Crippen molar-refractivity contribution in [3.63, 3.8) is 0 Å². The van der Waals surface area contributed by atoms with Crippen molar-refractivity contribution in [2.24, 2.45) is 23.7 Å². The molecule has 6 atom stereocenters. The zero-order valence-electron chi connectivity index (χ0n) is 11.5. The molecule has 0 aromatic rings. The van der Waals surface area contributed by atoms with Crippen molar-refractivity contribution >= 4 is 0 Å². The maximum atomic E-state index is 13.7. The molecule has 4 N–H and O–H groups in total. The van der Waals surface area contributed by atoms with Gasteiger partial charge < -0.3 is 11.0 Å². The lowest BCUT2D eigenvalue weighted by Gasteiger charge is -2.39. The lowest BCUT2D eigenvalue weighted by molar-refractivity contribution is 0.0541. The van der Waals surface area contributed by atoms with Crippen LogP contribution in [0.3, 0.4) is 0 Å². The minimum atomic E-state index is -0.642. The zero-order chi connectivity index (χ0) is 11.7. The van der Waals surface area contributed by atoms with Crippen LogP contribution in [0.5, 0.6) is 0 Å². The Hall–Kier alpha value is -0.220. The Labute approximate surface area is 109 Å². The Balaban J connectivity index is 0.00000144. The SMILES string of the molecule is CC1CCC(C2CCC(C)C(F)C2)CC1F.O.O. The number of rotatable bonds is 1. The lowest BCUT2D eigenvalue weighted by atomic mass is 9.68. The molecule has 2 fully saturated rings. The van der Waals surface area contributed by atoms with E-state index in [1.54, 1.807) is 0 Å². The molecule has 0 amide bonds. The van der Waals surface area contributed by atoms with Gasteiger partial charge in [0, 0.05) is 0 Å². The van der Waals surface area contributed by atoms with Gasteiger partial charge in [-0.2, -0.15) is 0 Å². The molecule has 2 rings (SSSR count). The standard InChI is InChI=1S/C14H24F2.2H2O/c1-9-3-5-11(7-13(9)15)12-6-4-10(2)14(16)8-12;;/h9-14H,3-8H2,1-2H3;2*1H2. The topological polar surface area (TPSA) is 63.0 Å². The van der Waals surface area contributed by atoms with Gasteiger partial charge >= 0.3 is 0 Å². The zero-order valence-corrected chi connectivity index (χ0v) is 11.5. The van der Waals surface area contributed by atoms with Crippen LogP contribution in [0, 0.1) is 23.7 Å².